The first-order chi connectivity index (χ1) is 25.8. The molecule has 0 saturated heterocycles. The lowest BCUT2D eigenvalue weighted by Gasteiger charge is -2.18. The summed E-state index contributed by atoms with van der Waals surface area (Å²) in [5.74, 6) is 0.807. The van der Waals surface area contributed by atoms with Gasteiger partial charge < -0.3 is 14.2 Å². The predicted octanol–water partition coefficient (Wildman–Crippen LogP) is 14.6. The Morgan fingerprint density at radius 2 is 0.717 bits per heavy atom. The normalized spacial score (nSPS) is 12.6. The third-order valence-corrected chi connectivity index (χ3v) is 10.8. The van der Waals surface area contributed by atoms with E-state index in [1.54, 1.807) is 0 Å². The lowest BCUT2D eigenvalue weighted by atomic mass is 9.99. The van der Waals surface area contributed by atoms with Crippen molar-refractivity contribution in [1.29, 1.82) is 0 Å². The second-order valence-corrected chi connectivity index (χ2v) is 16.8. The Balaban J connectivity index is 4.32. The molecule has 0 rings (SSSR count). The van der Waals surface area contributed by atoms with E-state index in [2.05, 4.69) is 34.6 Å². The molecule has 0 N–H and O–H groups in total. The van der Waals surface area contributed by atoms with Crippen molar-refractivity contribution in [2.75, 3.05) is 13.2 Å². The molecule has 2 atom stereocenters. The van der Waals surface area contributed by atoms with Crippen molar-refractivity contribution in [3.8, 4) is 0 Å². The minimum absolute atomic E-state index is 0.0651. The van der Waals surface area contributed by atoms with Gasteiger partial charge in [-0.3, -0.25) is 14.4 Å². The number of hydrogen-bond donors (Lipinski definition) is 0. The molecule has 0 aliphatic heterocycles. The van der Waals surface area contributed by atoms with Crippen LogP contribution in [0.5, 0.6) is 0 Å². The highest BCUT2D eigenvalue weighted by Gasteiger charge is 2.19. The second-order valence-electron chi connectivity index (χ2n) is 16.8. The molecular weight excluding hydrogens is 661 g/mol. The molecule has 0 fully saturated rings. The van der Waals surface area contributed by atoms with Crippen molar-refractivity contribution in [2.24, 2.45) is 11.8 Å². The van der Waals surface area contributed by atoms with Crippen LogP contribution < -0.4 is 0 Å². The van der Waals surface area contributed by atoms with E-state index in [4.69, 9.17) is 14.2 Å². The molecule has 0 radical (unpaired) electrons. The molecule has 0 aromatic rings. The van der Waals surface area contributed by atoms with Crippen LogP contribution >= 0.6 is 0 Å². The second kappa shape index (κ2) is 40.1. The largest absolute Gasteiger partial charge is 0.462 e. The summed E-state index contributed by atoms with van der Waals surface area (Å²) < 4.78 is 16.7. The fourth-order valence-corrected chi connectivity index (χ4v) is 6.90. The Morgan fingerprint density at radius 3 is 1.08 bits per heavy atom. The fraction of sp³-hybridized carbons (Fsp3) is 0.936. The van der Waals surface area contributed by atoms with Gasteiger partial charge in [0.25, 0.3) is 0 Å². The Bertz CT molecular complexity index is 811. The van der Waals surface area contributed by atoms with Crippen LogP contribution in [0.4, 0.5) is 0 Å². The maximum Gasteiger partial charge on any atom is 0.306 e. The molecular formula is C47H90O6. The summed E-state index contributed by atoms with van der Waals surface area (Å²) in [6.07, 6.45) is 38.0. The Morgan fingerprint density at radius 1 is 0.396 bits per heavy atom. The number of hydrogen-bond acceptors (Lipinski definition) is 6. The van der Waals surface area contributed by atoms with E-state index in [0.717, 1.165) is 69.6 Å². The van der Waals surface area contributed by atoms with Gasteiger partial charge in [0.05, 0.1) is 0 Å². The number of carbonyl (C=O) groups excluding carboxylic acids is 3. The van der Waals surface area contributed by atoms with Crippen LogP contribution in [0, 0.1) is 11.8 Å². The summed E-state index contributed by atoms with van der Waals surface area (Å²) >= 11 is 0. The first-order valence-corrected chi connectivity index (χ1v) is 23.3. The molecule has 0 heterocycles. The van der Waals surface area contributed by atoms with Crippen LogP contribution in [0.25, 0.3) is 0 Å². The van der Waals surface area contributed by atoms with E-state index in [9.17, 15) is 14.4 Å². The highest BCUT2D eigenvalue weighted by Crippen LogP contribution is 2.17. The van der Waals surface area contributed by atoms with Gasteiger partial charge in [-0.25, -0.2) is 0 Å². The summed E-state index contributed by atoms with van der Waals surface area (Å²) in [5.41, 5.74) is 0. The van der Waals surface area contributed by atoms with Crippen LogP contribution in [0.1, 0.15) is 253 Å². The standard InChI is InChI=1S/C47H90O6/c1-6-8-9-10-11-12-16-24-29-34-39-47(50)53-44(41-52-46(49)38-33-28-23-19-18-20-25-30-35-42(3)4)40-51-45(48)37-32-27-22-17-14-13-15-21-26-31-36-43(5)7-2/h42-44H,6-41H2,1-5H3/t43?,44-/m0/s1. The first-order valence-electron chi connectivity index (χ1n) is 23.3. The lowest BCUT2D eigenvalue weighted by molar-refractivity contribution is -0.167. The van der Waals surface area contributed by atoms with Gasteiger partial charge in [0.1, 0.15) is 13.2 Å². The quantitative estimate of drug-likeness (QED) is 0.0352. The van der Waals surface area contributed by atoms with E-state index in [1.165, 1.54) is 141 Å². The van der Waals surface area contributed by atoms with Gasteiger partial charge >= 0.3 is 17.9 Å². The van der Waals surface area contributed by atoms with Gasteiger partial charge in [-0.1, -0.05) is 214 Å². The molecule has 0 aliphatic rings. The number of esters is 3. The maximum absolute atomic E-state index is 12.7. The SMILES string of the molecule is CCCCCCCCCCCCC(=O)O[C@@H](COC(=O)CCCCCCCCCCCCC(C)CC)COC(=O)CCCCCCCCCCC(C)C. The molecule has 53 heavy (non-hydrogen) atoms. The number of ether oxygens (including phenoxy) is 3. The molecule has 6 nitrogen and oxygen atoms in total. The summed E-state index contributed by atoms with van der Waals surface area (Å²) in [7, 11) is 0. The minimum atomic E-state index is -0.760. The minimum Gasteiger partial charge on any atom is -0.462 e. The molecule has 314 valence electrons. The predicted molar refractivity (Wildman–Crippen MR) is 224 cm³/mol. The van der Waals surface area contributed by atoms with Gasteiger partial charge in [0, 0.05) is 19.3 Å². The van der Waals surface area contributed by atoms with Crippen LogP contribution in [0.2, 0.25) is 0 Å². The van der Waals surface area contributed by atoms with Gasteiger partial charge in [-0.15, -0.1) is 0 Å². The van der Waals surface area contributed by atoms with Gasteiger partial charge in [-0.05, 0) is 31.1 Å². The van der Waals surface area contributed by atoms with E-state index in [-0.39, 0.29) is 31.1 Å². The average molecular weight is 751 g/mol. The van der Waals surface area contributed by atoms with E-state index in [0.29, 0.717) is 19.3 Å². The van der Waals surface area contributed by atoms with Crippen molar-refractivity contribution >= 4 is 17.9 Å². The maximum atomic E-state index is 12.7. The van der Waals surface area contributed by atoms with Crippen LogP contribution in [-0.4, -0.2) is 37.2 Å². The highest BCUT2D eigenvalue weighted by molar-refractivity contribution is 5.71. The summed E-state index contributed by atoms with van der Waals surface area (Å²) in [6.45, 7) is 11.3. The summed E-state index contributed by atoms with van der Waals surface area (Å²) in [5, 5.41) is 0. The monoisotopic (exact) mass is 751 g/mol. The van der Waals surface area contributed by atoms with Gasteiger partial charge in [0.15, 0.2) is 6.10 Å². The molecule has 1 unspecified atom stereocenters. The highest BCUT2D eigenvalue weighted by atomic mass is 16.6. The molecule has 6 heteroatoms. The summed E-state index contributed by atoms with van der Waals surface area (Å²) in [6, 6.07) is 0. The lowest BCUT2D eigenvalue weighted by Crippen LogP contribution is -2.30. The Labute approximate surface area is 329 Å². The molecule has 0 saturated carbocycles. The van der Waals surface area contributed by atoms with Gasteiger partial charge in [-0.2, -0.15) is 0 Å². The van der Waals surface area contributed by atoms with Gasteiger partial charge in [0.2, 0.25) is 0 Å². The molecule has 0 aromatic heterocycles. The third-order valence-electron chi connectivity index (χ3n) is 10.8. The molecule has 0 spiro atoms. The number of rotatable bonds is 41. The zero-order valence-corrected chi connectivity index (χ0v) is 36.1. The van der Waals surface area contributed by atoms with Crippen LogP contribution in [-0.2, 0) is 28.6 Å². The third kappa shape index (κ3) is 39.9. The molecule has 0 aliphatic carbocycles. The van der Waals surface area contributed by atoms with Crippen molar-refractivity contribution in [1.82, 2.24) is 0 Å². The Hall–Kier alpha value is -1.59. The topological polar surface area (TPSA) is 78.9 Å². The van der Waals surface area contributed by atoms with E-state index < -0.39 is 6.10 Å². The van der Waals surface area contributed by atoms with Crippen molar-refractivity contribution in [3.63, 3.8) is 0 Å². The summed E-state index contributed by atoms with van der Waals surface area (Å²) in [4.78, 5) is 37.7. The zero-order chi connectivity index (χ0) is 39.0. The molecule has 0 bridgehead atoms. The van der Waals surface area contributed by atoms with E-state index >= 15 is 0 Å². The molecule has 0 amide bonds. The smallest absolute Gasteiger partial charge is 0.306 e. The zero-order valence-electron chi connectivity index (χ0n) is 36.1. The van der Waals surface area contributed by atoms with Crippen molar-refractivity contribution in [2.45, 2.75) is 259 Å². The van der Waals surface area contributed by atoms with Crippen molar-refractivity contribution < 1.29 is 28.6 Å². The molecule has 0 aromatic carbocycles. The van der Waals surface area contributed by atoms with E-state index in [1.807, 2.05) is 0 Å². The fourth-order valence-electron chi connectivity index (χ4n) is 6.90. The average Bonchev–Trinajstić information content (AvgIpc) is 3.14. The Kier molecular flexibility index (Phi) is 38.9. The van der Waals surface area contributed by atoms with Crippen molar-refractivity contribution in [3.05, 3.63) is 0 Å². The van der Waals surface area contributed by atoms with Crippen LogP contribution in [0.3, 0.4) is 0 Å². The first kappa shape index (κ1) is 51.4. The van der Waals surface area contributed by atoms with Crippen LogP contribution in [0.15, 0.2) is 0 Å². The number of unbranched alkanes of at least 4 members (excludes halogenated alkanes) is 25. The number of carbonyl (C=O) groups is 3.